The minimum Gasteiger partial charge on any atom is -0.394 e. The molecule has 0 radical (unpaired) electrons. The second-order valence-electron chi connectivity index (χ2n) is 6.22. The summed E-state index contributed by atoms with van der Waals surface area (Å²) in [7, 11) is 0. The molecule has 2 unspecified atom stereocenters. The van der Waals surface area contributed by atoms with Gasteiger partial charge in [-0.05, 0) is 35.4 Å². The fourth-order valence-corrected chi connectivity index (χ4v) is 3.38. The number of halogens is 2. The Bertz CT molecular complexity index is 663. The molecule has 2 aromatic carbocycles. The number of hydrogen-bond acceptors (Lipinski definition) is 4. The van der Waals surface area contributed by atoms with Crippen LogP contribution in [0.4, 0.5) is 8.78 Å². The topological polar surface area (TPSA) is 41.9 Å². The molecular weight excluding hydrogens is 316 g/mol. The smallest absolute Gasteiger partial charge is 0.139 e. The Balaban J connectivity index is 1.72. The van der Waals surface area contributed by atoms with E-state index in [2.05, 4.69) is 0 Å². The largest absolute Gasteiger partial charge is 0.394 e. The van der Waals surface area contributed by atoms with E-state index in [1.807, 2.05) is 4.90 Å². The highest BCUT2D eigenvalue weighted by atomic mass is 19.1. The van der Waals surface area contributed by atoms with Crippen LogP contribution < -0.4 is 0 Å². The van der Waals surface area contributed by atoms with Crippen LogP contribution >= 0.6 is 0 Å². The number of hydrogen-bond donors (Lipinski definition) is 1. The van der Waals surface area contributed by atoms with Gasteiger partial charge < -0.3 is 14.6 Å². The minimum atomic E-state index is -0.655. The summed E-state index contributed by atoms with van der Waals surface area (Å²) in [5.41, 5.74) is 0.909. The van der Waals surface area contributed by atoms with E-state index >= 15 is 0 Å². The average molecular weight is 333 g/mol. The fraction of sp³-hybridized carbons (Fsp3) is 0.333. The zero-order chi connectivity index (χ0) is 16.7. The van der Waals surface area contributed by atoms with Crippen molar-refractivity contribution in [3.8, 4) is 0 Å². The van der Waals surface area contributed by atoms with E-state index in [-0.39, 0.29) is 18.2 Å². The van der Waals surface area contributed by atoms with Crippen LogP contribution in [-0.4, -0.2) is 35.4 Å². The molecule has 2 aliphatic heterocycles. The summed E-state index contributed by atoms with van der Waals surface area (Å²) in [5, 5.41) is 9.92. The predicted molar refractivity (Wildman–Crippen MR) is 81.8 cm³/mol. The van der Waals surface area contributed by atoms with Crippen molar-refractivity contribution in [3.05, 3.63) is 71.3 Å². The third kappa shape index (κ3) is 2.43. The maximum absolute atomic E-state index is 13.2. The Hall–Kier alpha value is -1.86. The molecule has 24 heavy (non-hydrogen) atoms. The van der Waals surface area contributed by atoms with Crippen molar-refractivity contribution in [2.24, 2.45) is 0 Å². The van der Waals surface area contributed by atoms with Gasteiger partial charge in [-0.15, -0.1) is 0 Å². The molecule has 0 aliphatic carbocycles. The van der Waals surface area contributed by atoms with Crippen LogP contribution in [0.3, 0.4) is 0 Å². The average Bonchev–Trinajstić information content (AvgIpc) is 3.14. The van der Waals surface area contributed by atoms with E-state index in [0.29, 0.717) is 13.2 Å². The predicted octanol–water partition coefficient (Wildman–Crippen LogP) is 2.76. The van der Waals surface area contributed by atoms with Crippen LogP contribution in [0.1, 0.15) is 23.6 Å². The highest BCUT2D eigenvalue weighted by Gasteiger charge is 2.56. The number of benzene rings is 2. The van der Waals surface area contributed by atoms with Crippen LogP contribution in [-0.2, 0) is 9.47 Å². The molecule has 2 aliphatic rings. The van der Waals surface area contributed by atoms with Gasteiger partial charge >= 0.3 is 0 Å². The van der Waals surface area contributed by atoms with Gasteiger partial charge in [-0.25, -0.2) is 13.7 Å². The molecule has 2 saturated heterocycles. The van der Waals surface area contributed by atoms with Gasteiger partial charge in [-0.1, -0.05) is 24.3 Å². The maximum Gasteiger partial charge on any atom is 0.139 e. The lowest BCUT2D eigenvalue weighted by molar-refractivity contribution is -0.0630. The highest BCUT2D eigenvalue weighted by molar-refractivity contribution is 5.25. The molecule has 2 fully saturated rings. The van der Waals surface area contributed by atoms with Gasteiger partial charge in [0.05, 0.1) is 25.4 Å². The Labute approximate surface area is 138 Å². The quantitative estimate of drug-likeness (QED) is 0.938. The highest BCUT2D eigenvalue weighted by Crippen LogP contribution is 2.48. The number of nitrogens with zero attached hydrogens (tertiary/aromatic N) is 1. The fourth-order valence-electron chi connectivity index (χ4n) is 3.38. The van der Waals surface area contributed by atoms with Crippen LogP contribution in [0.15, 0.2) is 48.5 Å². The molecule has 0 bridgehead atoms. The summed E-state index contributed by atoms with van der Waals surface area (Å²) in [6.07, 6.45) is -0.925. The molecule has 3 atom stereocenters. The van der Waals surface area contributed by atoms with Gasteiger partial charge in [0, 0.05) is 0 Å². The Morgan fingerprint density at radius 1 is 0.875 bits per heavy atom. The number of fused-ring (bicyclic) bond motifs is 1. The molecule has 6 heteroatoms. The molecule has 2 heterocycles. The molecule has 2 aromatic rings. The second-order valence-corrected chi connectivity index (χ2v) is 6.22. The number of ether oxygens (including phenoxy) is 2. The molecule has 1 N–H and O–H groups in total. The van der Waals surface area contributed by atoms with Crippen molar-refractivity contribution in [2.45, 2.75) is 18.0 Å². The summed E-state index contributed by atoms with van der Waals surface area (Å²) < 4.78 is 38.2. The zero-order valence-corrected chi connectivity index (χ0v) is 12.9. The molecule has 0 amide bonds. The summed E-state index contributed by atoms with van der Waals surface area (Å²) >= 11 is 0. The summed E-state index contributed by atoms with van der Waals surface area (Å²) in [5.74, 6) is -0.643. The standard InChI is InChI=1S/C18H17F2NO3/c19-14-5-1-12(2-6-14)16-21-17(13-3-7-15(20)8-4-13)24-11-18(21,9-22)10-23-16/h1-8,16-17,22H,9-11H2/t16-,17?,18?/m0/s1. The van der Waals surface area contributed by atoms with E-state index in [0.717, 1.165) is 11.1 Å². The first kappa shape index (κ1) is 15.7. The molecule has 0 aromatic heterocycles. The van der Waals surface area contributed by atoms with Crippen molar-refractivity contribution in [1.29, 1.82) is 0 Å². The Morgan fingerprint density at radius 3 is 1.67 bits per heavy atom. The summed E-state index contributed by atoms with van der Waals surface area (Å²) in [4.78, 5) is 1.95. The third-order valence-corrected chi connectivity index (χ3v) is 4.68. The molecular formula is C18H17F2NO3. The van der Waals surface area contributed by atoms with Gasteiger partial charge in [0.15, 0.2) is 0 Å². The molecule has 4 nitrogen and oxygen atoms in total. The number of aliphatic hydroxyl groups excluding tert-OH is 1. The maximum atomic E-state index is 13.2. The van der Waals surface area contributed by atoms with Crippen LogP contribution in [0, 0.1) is 11.6 Å². The van der Waals surface area contributed by atoms with E-state index in [1.54, 1.807) is 24.3 Å². The first-order valence-electron chi connectivity index (χ1n) is 7.76. The van der Waals surface area contributed by atoms with Crippen LogP contribution in [0.2, 0.25) is 0 Å². The van der Waals surface area contributed by atoms with E-state index in [4.69, 9.17) is 9.47 Å². The molecule has 126 valence electrons. The third-order valence-electron chi connectivity index (χ3n) is 4.68. The molecule has 0 spiro atoms. The van der Waals surface area contributed by atoms with E-state index in [1.165, 1.54) is 24.3 Å². The van der Waals surface area contributed by atoms with Gasteiger partial charge in [0.25, 0.3) is 0 Å². The van der Waals surface area contributed by atoms with Crippen molar-refractivity contribution in [1.82, 2.24) is 4.90 Å². The monoisotopic (exact) mass is 333 g/mol. The first-order valence-corrected chi connectivity index (χ1v) is 7.76. The van der Waals surface area contributed by atoms with Crippen molar-refractivity contribution < 1.29 is 23.4 Å². The number of rotatable bonds is 3. The first-order chi connectivity index (χ1) is 11.6. The zero-order valence-electron chi connectivity index (χ0n) is 12.9. The van der Waals surface area contributed by atoms with Gasteiger partial charge in [-0.2, -0.15) is 0 Å². The Kier molecular flexibility index (Phi) is 3.85. The SMILES string of the molecule is OCC12COC(c3ccc(F)cc3)N1[C@H](c1ccc(F)cc1)OC2. The lowest BCUT2D eigenvalue weighted by Gasteiger charge is -2.33. The van der Waals surface area contributed by atoms with Crippen molar-refractivity contribution >= 4 is 0 Å². The van der Waals surface area contributed by atoms with Crippen LogP contribution in [0.5, 0.6) is 0 Å². The van der Waals surface area contributed by atoms with Crippen LogP contribution in [0.25, 0.3) is 0 Å². The summed E-state index contributed by atoms with van der Waals surface area (Å²) in [6.45, 7) is 0.495. The van der Waals surface area contributed by atoms with Gasteiger partial charge in [0.2, 0.25) is 0 Å². The normalized spacial score (nSPS) is 29.8. The molecule has 4 rings (SSSR count). The number of aliphatic hydroxyl groups is 1. The van der Waals surface area contributed by atoms with Gasteiger partial charge in [0.1, 0.15) is 24.1 Å². The Morgan fingerprint density at radius 2 is 1.29 bits per heavy atom. The van der Waals surface area contributed by atoms with E-state index in [9.17, 15) is 13.9 Å². The second kappa shape index (κ2) is 5.89. The lowest BCUT2D eigenvalue weighted by atomic mass is 10.0. The molecule has 0 saturated carbocycles. The lowest BCUT2D eigenvalue weighted by Crippen LogP contribution is -2.47. The van der Waals surface area contributed by atoms with Crippen molar-refractivity contribution in [3.63, 3.8) is 0 Å². The van der Waals surface area contributed by atoms with Crippen molar-refractivity contribution in [2.75, 3.05) is 19.8 Å². The van der Waals surface area contributed by atoms with Gasteiger partial charge in [-0.3, -0.25) is 0 Å². The summed E-state index contributed by atoms with van der Waals surface area (Å²) in [6, 6.07) is 12.1. The minimum absolute atomic E-state index is 0.123. The van der Waals surface area contributed by atoms with E-state index < -0.39 is 18.0 Å².